The molecule has 0 aliphatic carbocycles. The summed E-state index contributed by atoms with van der Waals surface area (Å²) in [5.41, 5.74) is 2.10. The number of halogens is 1. The minimum atomic E-state index is -0.431. The highest BCUT2D eigenvalue weighted by Gasteiger charge is 2.33. The van der Waals surface area contributed by atoms with Crippen LogP contribution < -0.4 is 4.90 Å². The zero-order valence-corrected chi connectivity index (χ0v) is 13.1. The van der Waals surface area contributed by atoms with E-state index in [9.17, 15) is 10.1 Å². The summed E-state index contributed by atoms with van der Waals surface area (Å²) in [5.74, 6) is 0.375. The number of hydrogen-bond donors (Lipinski definition) is 0. The summed E-state index contributed by atoms with van der Waals surface area (Å²) in [6, 6.07) is 1.41. The van der Waals surface area contributed by atoms with Gasteiger partial charge in [0.15, 0.2) is 0 Å². The fourth-order valence-electron chi connectivity index (χ4n) is 2.96. The lowest BCUT2D eigenvalue weighted by Crippen LogP contribution is -2.24. The van der Waals surface area contributed by atoms with Crippen LogP contribution >= 0.6 is 11.6 Å². The molecule has 1 aliphatic rings. The summed E-state index contributed by atoms with van der Waals surface area (Å²) >= 11 is 5.85. The van der Waals surface area contributed by atoms with Crippen LogP contribution in [0.25, 0.3) is 0 Å². The molecule has 0 spiro atoms. The summed E-state index contributed by atoms with van der Waals surface area (Å²) in [6.45, 7) is 2.73. The maximum absolute atomic E-state index is 11.3. The Morgan fingerprint density at radius 3 is 2.86 bits per heavy atom. The van der Waals surface area contributed by atoms with E-state index in [1.165, 1.54) is 12.3 Å². The fourth-order valence-corrected chi connectivity index (χ4v) is 3.12. The van der Waals surface area contributed by atoms with Gasteiger partial charge in [0.2, 0.25) is 5.82 Å². The number of nitrogens with zero attached hydrogens (tertiary/aromatic N) is 5. The molecule has 0 amide bonds. The first-order valence-corrected chi connectivity index (χ1v) is 7.42. The van der Waals surface area contributed by atoms with Gasteiger partial charge in [0.25, 0.3) is 0 Å². The van der Waals surface area contributed by atoms with Crippen molar-refractivity contribution in [1.82, 2.24) is 14.8 Å². The van der Waals surface area contributed by atoms with E-state index in [1.54, 1.807) is 0 Å². The van der Waals surface area contributed by atoms with Gasteiger partial charge in [0, 0.05) is 37.1 Å². The molecule has 0 aromatic carbocycles. The molecule has 1 unspecified atom stereocenters. The van der Waals surface area contributed by atoms with E-state index < -0.39 is 4.92 Å². The standard InChI is InChI=1S/C14H16ClN5O2/c1-9-11(8-17-18(9)2)12-4-3-5-19(12)14-13(20(21)22)6-10(15)7-16-14/h6-8,12H,3-5H2,1-2H3. The van der Waals surface area contributed by atoms with Gasteiger partial charge in [-0.2, -0.15) is 5.10 Å². The third kappa shape index (κ3) is 2.41. The highest BCUT2D eigenvalue weighted by Crippen LogP contribution is 2.40. The first kappa shape index (κ1) is 14.8. The van der Waals surface area contributed by atoms with Crippen LogP contribution in [0.4, 0.5) is 11.5 Å². The number of anilines is 1. The highest BCUT2D eigenvalue weighted by molar-refractivity contribution is 6.30. The molecule has 0 radical (unpaired) electrons. The van der Waals surface area contributed by atoms with Crippen LogP contribution in [0.3, 0.4) is 0 Å². The monoisotopic (exact) mass is 321 g/mol. The predicted octanol–water partition coefficient (Wildman–Crippen LogP) is 3.03. The molecule has 7 nitrogen and oxygen atoms in total. The first-order valence-electron chi connectivity index (χ1n) is 7.04. The summed E-state index contributed by atoms with van der Waals surface area (Å²) in [7, 11) is 1.89. The Morgan fingerprint density at radius 2 is 2.23 bits per heavy atom. The summed E-state index contributed by atoms with van der Waals surface area (Å²) in [4.78, 5) is 17.1. The fraction of sp³-hybridized carbons (Fsp3) is 0.429. The van der Waals surface area contributed by atoms with Crippen LogP contribution in [0.2, 0.25) is 5.02 Å². The molecule has 1 saturated heterocycles. The average molecular weight is 322 g/mol. The second-order valence-electron chi connectivity index (χ2n) is 5.41. The molecule has 0 N–H and O–H groups in total. The zero-order valence-electron chi connectivity index (χ0n) is 12.4. The second kappa shape index (κ2) is 5.57. The Labute approximate surface area is 132 Å². The van der Waals surface area contributed by atoms with Crippen molar-refractivity contribution in [2.75, 3.05) is 11.4 Å². The number of nitro groups is 1. The van der Waals surface area contributed by atoms with Crippen molar-refractivity contribution in [2.24, 2.45) is 7.05 Å². The van der Waals surface area contributed by atoms with E-state index >= 15 is 0 Å². The Morgan fingerprint density at radius 1 is 1.45 bits per heavy atom. The van der Waals surface area contributed by atoms with E-state index in [1.807, 2.05) is 29.7 Å². The molecule has 116 valence electrons. The van der Waals surface area contributed by atoms with Crippen molar-refractivity contribution in [3.63, 3.8) is 0 Å². The van der Waals surface area contributed by atoms with Crippen LogP contribution in [-0.2, 0) is 7.05 Å². The molecule has 0 saturated carbocycles. The van der Waals surface area contributed by atoms with Crippen molar-refractivity contribution in [3.05, 3.63) is 44.9 Å². The minimum Gasteiger partial charge on any atom is -0.344 e. The molecular formula is C14H16ClN5O2. The normalized spacial score (nSPS) is 18.0. The van der Waals surface area contributed by atoms with Gasteiger partial charge < -0.3 is 4.90 Å². The summed E-state index contributed by atoms with van der Waals surface area (Å²) in [5, 5.41) is 15.9. The quantitative estimate of drug-likeness (QED) is 0.641. The average Bonchev–Trinajstić information content (AvgIpc) is 3.07. The van der Waals surface area contributed by atoms with Crippen molar-refractivity contribution in [3.8, 4) is 0 Å². The molecule has 2 aromatic heterocycles. The van der Waals surface area contributed by atoms with Crippen LogP contribution in [0.15, 0.2) is 18.5 Å². The van der Waals surface area contributed by atoms with Crippen LogP contribution in [0, 0.1) is 17.0 Å². The largest absolute Gasteiger partial charge is 0.344 e. The Kier molecular flexibility index (Phi) is 3.74. The van der Waals surface area contributed by atoms with Crippen LogP contribution in [-0.4, -0.2) is 26.2 Å². The van der Waals surface area contributed by atoms with E-state index in [0.29, 0.717) is 5.82 Å². The van der Waals surface area contributed by atoms with Gasteiger partial charge in [-0.1, -0.05) is 11.6 Å². The third-order valence-corrected chi connectivity index (χ3v) is 4.37. The van der Waals surface area contributed by atoms with Crippen molar-refractivity contribution in [2.45, 2.75) is 25.8 Å². The molecule has 0 bridgehead atoms. The molecule has 2 aromatic rings. The maximum Gasteiger partial charge on any atom is 0.313 e. The lowest BCUT2D eigenvalue weighted by atomic mass is 10.1. The number of rotatable bonds is 3. The Bertz CT molecular complexity index is 730. The van der Waals surface area contributed by atoms with Gasteiger partial charge in [0.05, 0.1) is 22.2 Å². The minimum absolute atomic E-state index is 0.0547. The highest BCUT2D eigenvalue weighted by atomic mass is 35.5. The van der Waals surface area contributed by atoms with Crippen LogP contribution in [0.5, 0.6) is 0 Å². The topological polar surface area (TPSA) is 77.1 Å². The van der Waals surface area contributed by atoms with Gasteiger partial charge in [-0.05, 0) is 19.8 Å². The summed E-state index contributed by atoms with van der Waals surface area (Å²) < 4.78 is 1.82. The lowest BCUT2D eigenvalue weighted by molar-refractivity contribution is -0.384. The van der Waals surface area contributed by atoms with Gasteiger partial charge >= 0.3 is 5.69 Å². The van der Waals surface area contributed by atoms with E-state index in [0.717, 1.165) is 30.6 Å². The zero-order chi connectivity index (χ0) is 15.9. The van der Waals surface area contributed by atoms with Gasteiger partial charge in [0.1, 0.15) is 0 Å². The molecular weight excluding hydrogens is 306 g/mol. The third-order valence-electron chi connectivity index (χ3n) is 4.17. The molecule has 1 atom stereocenters. The number of aromatic nitrogens is 3. The number of pyridine rings is 1. The van der Waals surface area contributed by atoms with Gasteiger partial charge in [-0.15, -0.1) is 0 Å². The van der Waals surface area contributed by atoms with Gasteiger partial charge in [-0.25, -0.2) is 4.98 Å². The molecule has 22 heavy (non-hydrogen) atoms. The van der Waals surface area contributed by atoms with Crippen molar-refractivity contribution >= 4 is 23.1 Å². The Hall–Kier alpha value is -2.15. The van der Waals surface area contributed by atoms with E-state index in [2.05, 4.69) is 10.1 Å². The first-order chi connectivity index (χ1) is 10.5. The maximum atomic E-state index is 11.3. The van der Waals surface area contributed by atoms with Gasteiger partial charge in [-0.3, -0.25) is 14.8 Å². The van der Waals surface area contributed by atoms with Crippen LogP contribution in [0.1, 0.15) is 30.1 Å². The molecule has 3 rings (SSSR count). The number of hydrogen-bond acceptors (Lipinski definition) is 5. The molecule has 1 aliphatic heterocycles. The van der Waals surface area contributed by atoms with Crippen molar-refractivity contribution in [1.29, 1.82) is 0 Å². The predicted molar refractivity (Wildman–Crippen MR) is 83.2 cm³/mol. The van der Waals surface area contributed by atoms with E-state index in [4.69, 9.17) is 11.6 Å². The molecule has 1 fully saturated rings. The lowest BCUT2D eigenvalue weighted by Gasteiger charge is -2.25. The summed E-state index contributed by atoms with van der Waals surface area (Å²) in [6.07, 6.45) is 5.17. The van der Waals surface area contributed by atoms with E-state index in [-0.39, 0.29) is 16.8 Å². The molecule has 3 heterocycles. The Balaban J connectivity index is 2.04. The molecule has 8 heteroatoms. The smallest absolute Gasteiger partial charge is 0.313 e. The number of aryl methyl sites for hydroxylation is 1. The second-order valence-corrected chi connectivity index (χ2v) is 5.85. The SMILES string of the molecule is Cc1c(C2CCCN2c2ncc(Cl)cc2[N+](=O)[O-])cnn1C. The van der Waals surface area contributed by atoms with Crippen molar-refractivity contribution < 1.29 is 4.92 Å².